The fraction of sp³-hybridized carbons (Fsp3) is 0.267. The molecule has 19 heavy (non-hydrogen) atoms. The smallest absolute Gasteiger partial charge is 0.373 e. The molecule has 0 radical (unpaired) electrons. The van der Waals surface area contributed by atoms with Gasteiger partial charge in [-0.15, -0.1) is 0 Å². The Balaban J connectivity index is 2.69. The highest BCUT2D eigenvalue weighted by Gasteiger charge is 2.13. The van der Waals surface area contributed by atoms with Crippen molar-refractivity contribution in [2.75, 3.05) is 0 Å². The van der Waals surface area contributed by atoms with E-state index in [0.717, 1.165) is 16.7 Å². The van der Waals surface area contributed by atoms with E-state index in [0.29, 0.717) is 11.4 Å². The van der Waals surface area contributed by atoms with E-state index in [1.807, 2.05) is 26.8 Å². The molecule has 0 atom stereocenters. The van der Waals surface area contributed by atoms with Gasteiger partial charge in [0.15, 0.2) is 0 Å². The molecule has 0 aliphatic rings. The molecule has 1 aromatic heterocycles. The highest BCUT2D eigenvalue weighted by Crippen LogP contribution is 2.27. The van der Waals surface area contributed by atoms with Gasteiger partial charge in [-0.05, 0) is 44.9 Å². The van der Waals surface area contributed by atoms with Crippen LogP contribution in [0.25, 0.3) is 11.3 Å². The highest BCUT2D eigenvalue weighted by molar-refractivity contribution is 5.84. The van der Waals surface area contributed by atoms with Gasteiger partial charge in [-0.25, -0.2) is 14.8 Å². The van der Waals surface area contributed by atoms with E-state index in [9.17, 15) is 4.79 Å². The molecular weight excluding hydrogens is 240 g/mol. The number of aryl methyl sites for hydroxylation is 4. The average Bonchev–Trinajstić information content (AvgIpc) is 2.26. The molecule has 0 aliphatic heterocycles. The van der Waals surface area contributed by atoms with Gasteiger partial charge in [0.2, 0.25) is 5.82 Å². The quantitative estimate of drug-likeness (QED) is 0.896. The first kappa shape index (κ1) is 13.2. The molecule has 1 heterocycles. The Morgan fingerprint density at radius 2 is 1.58 bits per heavy atom. The lowest BCUT2D eigenvalue weighted by Crippen LogP contribution is -2.07. The van der Waals surface area contributed by atoms with Crippen molar-refractivity contribution < 1.29 is 9.90 Å². The minimum Gasteiger partial charge on any atom is -0.475 e. The van der Waals surface area contributed by atoms with Gasteiger partial charge in [-0.1, -0.05) is 17.7 Å². The Hall–Kier alpha value is -2.23. The normalized spacial score (nSPS) is 10.5. The molecular formula is C15H16N2O2. The standard InChI is InChI=1S/C15H16N2O2/c1-8-5-9(2)13(10(3)6-8)12-7-11(4)16-14(17-12)15(18)19/h5-7H,1-4H3,(H,18,19). The van der Waals surface area contributed by atoms with Gasteiger partial charge in [0, 0.05) is 11.3 Å². The topological polar surface area (TPSA) is 63.1 Å². The fourth-order valence-corrected chi connectivity index (χ4v) is 2.38. The second-order valence-electron chi connectivity index (χ2n) is 4.80. The van der Waals surface area contributed by atoms with Crippen LogP contribution in [0.3, 0.4) is 0 Å². The summed E-state index contributed by atoms with van der Waals surface area (Å²) in [5.41, 5.74) is 5.67. The summed E-state index contributed by atoms with van der Waals surface area (Å²) in [7, 11) is 0. The molecule has 4 nitrogen and oxygen atoms in total. The molecule has 0 aliphatic carbocycles. The third kappa shape index (κ3) is 2.62. The molecule has 0 spiro atoms. The minimum absolute atomic E-state index is 0.158. The molecule has 1 N–H and O–H groups in total. The predicted octanol–water partition coefficient (Wildman–Crippen LogP) is 3.08. The van der Waals surface area contributed by atoms with Crippen LogP contribution in [0, 0.1) is 27.7 Å². The van der Waals surface area contributed by atoms with Crippen molar-refractivity contribution in [1.29, 1.82) is 0 Å². The maximum absolute atomic E-state index is 11.0. The molecule has 2 rings (SSSR count). The number of aromatic carboxylic acids is 1. The number of hydrogen-bond donors (Lipinski definition) is 1. The summed E-state index contributed by atoms with van der Waals surface area (Å²) in [6.45, 7) is 7.83. The van der Waals surface area contributed by atoms with E-state index >= 15 is 0 Å². The van der Waals surface area contributed by atoms with Crippen LogP contribution in [-0.4, -0.2) is 21.0 Å². The summed E-state index contributed by atoms with van der Waals surface area (Å²) in [4.78, 5) is 19.1. The van der Waals surface area contributed by atoms with Crippen LogP contribution in [0.4, 0.5) is 0 Å². The number of hydrogen-bond acceptors (Lipinski definition) is 3. The first-order chi connectivity index (χ1) is 8.88. The SMILES string of the molecule is Cc1cc(C)c(-c2cc(C)nc(C(=O)O)n2)c(C)c1. The van der Waals surface area contributed by atoms with Crippen LogP contribution in [0.2, 0.25) is 0 Å². The van der Waals surface area contributed by atoms with Crippen molar-refractivity contribution in [2.45, 2.75) is 27.7 Å². The lowest BCUT2D eigenvalue weighted by atomic mass is 9.97. The van der Waals surface area contributed by atoms with Gasteiger partial charge in [-0.2, -0.15) is 0 Å². The lowest BCUT2D eigenvalue weighted by molar-refractivity contribution is 0.0683. The first-order valence-corrected chi connectivity index (χ1v) is 6.05. The van der Waals surface area contributed by atoms with Crippen molar-refractivity contribution >= 4 is 5.97 Å². The Morgan fingerprint density at radius 3 is 2.11 bits per heavy atom. The van der Waals surface area contributed by atoms with Crippen molar-refractivity contribution in [3.05, 3.63) is 46.4 Å². The number of carboxylic acids is 1. The number of carboxylic acid groups (broad SMARTS) is 1. The molecule has 0 unspecified atom stereocenters. The zero-order valence-electron chi connectivity index (χ0n) is 11.5. The third-order valence-electron chi connectivity index (χ3n) is 2.98. The van der Waals surface area contributed by atoms with Crippen LogP contribution >= 0.6 is 0 Å². The zero-order valence-corrected chi connectivity index (χ0v) is 11.5. The summed E-state index contributed by atoms with van der Waals surface area (Å²) in [5.74, 6) is -1.26. The molecule has 98 valence electrons. The van der Waals surface area contributed by atoms with Crippen LogP contribution in [0.15, 0.2) is 18.2 Å². The van der Waals surface area contributed by atoms with E-state index in [2.05, 4.69) is 22.1 Å². The maximum Gasteiger partial charge on any atom is 0.373 e. The summed E-state index contributed by atoms with van der Waals surface area (Å²) < 4.78 is 0. The number of rotatable bonds is 2. The Labute approximate surface area is 112 Å². The monoisotopic (exact) mass is 256 g/mol. The molecule has 0 fully saturated rings. The summed E-state index contributed by atoms with van der Waals surface area (Å²) in [6.07, 6.45) is 0. The number of nitrogens with zero attached hydrogens (tertiary/aromatic N) is 2. The molecule has 1 aromatic carbocycles. The molecule has 0 saturated carbocycles. The third-order valence-corrected chi connectivity index (χ3v) is 2.98. The first-order valence-electron chi connectivity index (χ1n) is 6.05. The van der Waals surface area contributed by atoms with Gasteiger partial charge in [0.05, 0.1) is 5.69 Å². The Morgan fingerprint density at radius 1 is 1.00 bits per heavy atom. The van der Waals surface area contributed by atoms with Crippen molar-refractivity contribution in [2.24, 2.45) is 0 Å². The van der Waals surface area contributed by atoms with Gasteiger partial charge in [0.25, 0.3) is 0 Å². The largest absolute Gasteiger partial charge is 0.475 e. The van der Waals surface area contributed by atoms with Gasteiger partial charge in [-0.3, -0.25) is 0 Å². The van der Waals surface area contributed by atoms with Crippen LogP contribution < -0.4 is 0 Å². The Bertz CT molecular complexity index is 640. The summed E-state index contributed by atoms with van der Waals surface area (Å²) in [6, 6.07) is 5.96. The fourth-order valence-electron chi connectivity index (χ4n) is 2.38. The summed E-state index contributed by atoms with van der Waals surface area (Å²) in [5, 5.41) is 9.04. The van der Waals surface area contributed by atoms with Crippen LogP contribution in [0.1, 0.15) is 33.0 Å². The number of carbonyl (C=O) groups is 1. The molecule has 2 aromatic rings. The number of benzene rings is 1. The van der Waals surface area contributed by atoms with E-state index in [1.165, 1.54) is 5.56 Å². The highest BCUT2D eigenvalue weighted by atomic mass is 16.4. The molecule has 0 bridgehead atoms. The summed E-state index contributed by atoms with van der Waals surface area (Å²) >= 11 is 0. The molecule has 4 heteroatoms. The maximum atomic E-state index is 11.0. The predicted molar refractivity (Wildman–Crippen MR) is 73.4 cm³/mol. The van der Waals surface area contributed by atoms with E-state index in [4.69, 9.17) is 5.11 Å². The van der Waals surface area contributed by atoms with Crippen LogP contribution in [0.5, 0.6) is 0 Å². The molecule has 0 amide bonds. The second kappa shape index (κ2) is 4.80. The van der Waals surface area contributed by atoms with E-state index in [1.54, 1.807) is 6.92 Å². The minimum atomic E-state index is -1.10. The van der Waals surface area contributed by atoms with Crippen molar-refractivity contribution in [3.63, 3.8) is 0 Å². The lowest BCUT2D eigenvalue weighted by Gasteiger charge is -2.11. The van der Waals surface area contributed by atoms with Crippen molar-refractivity contribution in [3.8, 4) is 11.3 Å². The van der Waals surface area contributed by atoms with Crippen molar-refractivity contribution in [1.82, 2.24) is 9.97 Å². The second-order valence-corrected chi connectivity index (χ2v) is 4.80. The van der Waals surface area contributed by atoms with E-state index in [-0.39, 0.29) is 5.82 Å². The van der Waals surface area contributed by atoms with Crippen LogP contribution in [-0.2, 0) is 0 Å². The van der Waals surface area contributed by atoms with E-state index < -0.39 is 5.97 Å². The average molecular weight is 256 g/mol. The molecule has 0 saturated heterocycles. The van der Waals surface area contributed by atoms with Gasteiger partial charge < -0.3 is 5.11 Å². The number of aromatic nitrogens is 2. The zero-order chi connectivity index (χ0) is 14.2. The Kier molecular flexibility index (Phi) is 3.34. The van der Waals surface area contributed by atoms with Gasteiger partial charge >= 0.3 is 5.97 Å². The van der Waals surface area contributed by atoms with Gasteiger partial charge in [0.1, 0.15) is 0 Å².